The zero-order valence-electron chi connectivity index (χ0n) is 13.7. The van der Waals surface area contributed by atoms with E-state index in [1.807, 2.05) is 43.4 Å². The van der Waals surface area contributed by atoms with E-state index in [-0.39, 0.29) is 5.82 Å². The molecule has 0 aliphatic carbocycles. The highest BCUT2D eigenvalue weighted by molar-refractivity contribution is 7.13. The predicted octanol–water partition coefficient (Wildman–Crippen LogP) is 4.59. The van der Waals surface area contributed by atoms with Crippen LogP contribution in [0.4, 0.5) is 4.39 Å². The molecule has 5 heteroatoms. The fourth-order valence-electron chi connectivity index (χ4n) is 2.50. The number of hydrogen-bond acceptors (Lipinski definition) is 4. The first kappa shape index (κ1) is 16.6. The molecule has 0 N–H and O–H groups in total. The Hall–Kier alpha value is -2.24. The van der Waals surface area contributed by atoms with E-state index in [0.29, 0.717) is 18.7 Å². The van der Waals surface area contributed by atoms with Gasteiger partial charge in [-0.25, -0.2) is 9.37 Å². The summed E-state index contributed by atoms with van der Waals surface area (Å²) < 4.78 is 18.9. The number of benzene rings is 2. The molecule has 0 aliphatic heterocycles. The van der Waals surface area contributed by atoms with Crippen molar-refractivity contribution in [3.8, 4) is 16.3 Å². The normalized spacial score (nSPS) is 11.0. The molecule has 0 amide bonds. The lowest BCUT2D eigenvalue weighted by Gasteiger charge is -2.15. The molecule has 0 aliphatic rings. The van der Waals surface area contributed by atoms with E-state index in [2.05, 4.69) is 15.3 Å². The fraction of sp³-hybridized carbons (Fsp3) is 0.211. The Kier molecular flexibility index (Phi) is 5.23. The first-order chi connectivity index (χ1) is 11.7. The van der Waals surface area contributed by atoms with Gasteiger partial charge in [-0.15, -0.1) is 11.3 Å². The van der Waals surface area contributed by atoms with E-state index in [4.69, 9.17) is 4.74 Å². The van der Waals surface area contributed by atoms with E-state index in [9.17, 15) is 4.39 Å². The van der Waals surface area contributed by atoms with Gasteiger partial charge in [0.15, 0.2) is 0 Å². The Bertz CT molecular complexity index is 801. The highest BCUT2D eigenvalue weighted by Gasteiger charge is 2.09. The average molecular weight is 342 g/mol. The van der Waals surface area contributed by atoms with Crippen molar-refractivity contribution in [2.45, 2.75) is 13.1 Å². The first-order valence-corrected chi connectivity index (χ1v) is 8.54. The minimum atomic E-state index is -0.165. The average Bonchev–Trinajstić information content (AvgIpc) is 3.05. The lowest BCUT2D eigenvalue weighted by molar-refractivity contribution is 0.310. The lowest BCUT2D eigenvalue weighted by Crippen LogP contribution is -2.18. The molecule has 0 spiro atoms. The van der Waals surface area contributed by atoms with Gasteiger partial charge in [0.05, 0.1) is 12.8 Å². The van der Waals surface area contributed by atoms with Crippen LogP contribution in [0.3, 0.4) is 0 Å². The van der Waals surface area contributed by atoms with E-state index in [1.54, 1.807) is 24.5 Å². The van der Waals surface area contributed by atoms with Crippen LogP contribution in [-0.2, 0) is 13.1 Å². The Morgan fingerprint density at radius 3 is 2.54 bits per heavy atom. The third kappa shape index (κ3) is 3.99. The molecule has 2 aromatic carbocycles. The molecule has 1 heterocycles. The highest BCUT2D eigenvalue weighted by atomic mass is 32.1. The number of methoxy groups -OCH3 is 1. The maximum Gasteiger partial charge on any atom is 0.127 e. The number of ether oxygens (including phenoxy) is 1. The van der Waals surface area contributed by atoms with Crippen LogP contribution in [0.25, 0.3) is 10.6 Å². The minimum absolute atomic E-state index is 0.165. The maximum absolute atomic E-state index is 13.7. The number of thiazole rings is 1. The maximum atomic E-state index is 13.7. The molecular formula is C19H19FN2OS. The molecule has 0 radical (unpaired) electrons. The topological polar surface area (TPSA) is 25.4 Å². The standard InChI is InChI=1S/C19H19FN2OS/c1-22(11-15-5-3-4-6-18(15)20)12-16-13-24-19(21-16)14-7-9-17(23-2)10-8-14/h3-10,13H,11-12H2,1-2H3. The van der Waals surface area contributed by atoms with Gasteiger partial charge in [0.2, 0.25) is 0 Å². The Morgan fingerprint density at radius 1 is 1.08 bits per heavy atom. The van der Waals surface area contributed by atoms with Crippen molar-refractivity contribution in [2.24, 2.45) is 0 Å². The number of halogens is 1. The Morgan fingerprint density at radius 2 is 1.83 bits per heavy atom. The van der Waals surface area contributed by atoms with Crippen LogP contribution in [0.5, 0.6) is 5.75 Å². The summed E-state index contributed by atoms with van der Waals surface area (Å²) >= 11 is 1.61. The van der Waals surface area contributed by atoms with Gasteiger partial charge in [-0.2, -0.15) is 0 Å². The van der Waals surface area contributed by atoms with Crippen LogP contribution in [0.1, 0.15) is 11.3 Å². The van der Waals surface area contributed by atoms with E-state index in [1.165, 1.54) is 6.07 Å². The second kappa shape index (κ2) is 7.55. The molecular weight excluding hydrogens is 323 g/mol. The predicted molar refractivity (Wildman–Crippen MR) is 95.7 cm³/mol. The van der Waals surface area contributed by atoms with Gasteiger partial charge >= 0.3 is 0 Å². The number of nitrogens with zero attached hydrogens (tertiary/aromatic N) is 2. The molecule has 0 saturated heterocycles. The highest BCUT2D eigenvalue weighted by Crippen LogP contribution is 2.26. The van der Waals surface area contributed by atoms with Gasteiger partial charge in [0, 0.05) is 29.6 Å². The smallest absolute Gasteiger partial charge is 0.127 e. The molecule has 0 fully saturated rings. The van der Waals surface area contributed by atoms with Gasteiger partial charge < -0.3 is 4.74 Å². The number of rotatable bonds is 6. The van der Waals surface area contributed by atoms with Crippen molar-refractivity contribution in [2.75, 3.05) is 14.2 Å². The van der Waals surface area contributed by atoms with Crippen LogP contribution in [-0.4, -0.2) is 24.0 Å². The fourth-order valence-corrected chi connectivity index (χ4v) is 3.31. The SMILES string of the molecule is COc1ccc(-c2nc(CN(C)Cc3ccccc3F)cs2)cc1. The molecule has 24 heavy (non-hydrogen) atoms. The first-order valence-electron chi connectivity index (χ1n) is 7.66. The van der Waals surface area contributed by atoms with Crippen molar-refractivity contribution >= 4 is 11.3 Å². The van der Waals surface area contributed by atoms with Gasteiger partial charge in [0.25, 0.3) is 0 Å². The summed E-state index contributed by atoms with van der Waals surface area (Å²) in [6.45, 7) is 1.24. The van der Waals surface area contributed by atoms with Crippen molar-refractivity contribution < 1.29 is 9.13 Å². The Balaban J connectivity index is 1.66. The Labute approximate surface area is 145 Å². The molecule has 124 valence electrons. The van der Waals surface area contributed by atoms with Crippen molar-refractivity contribution in [1.29, 1.82) is 0 Å². The summed E-state index contributed by atoms with van der Waals surface area (Å²) in [5, 5.41) is 3.03. The summed E-state index contributed by atoms with van der Waals surface area (Å²) in [7, 11) is 3.63. The van der Waals surface area contributed by atoms with Gasteiger partial charge in [-0.05, 0) is 37.4 Å². The number of hydrogen-bond donors (Lipinski definition) is 0. The quantitative estimate of drug-likeness (QED) is 0.655. The molecule has 3 rings (SSSR count). The molecule has 0 bridgehead atoms. The van der Waals surface area contributed by atoms with Crippen molar-refractivity contribution in [3.05, 3.63) is 71.0 Å². The van der Waals surface area contributed by atoms with Crippen LogP contribution in [0.15, 0.2) is 53.9 Å². The van der Waals surface area contributed by atoms with Crippen molar-refractivity contribution in [1.82, 2.24) is 9.88 Å². The van der Waals surface area contributed by atoms with Gasteiger partial charge in [-0.1, -0.05) is 18.2 Å². The molecule has 0 atom stereocenters. The number of aromatic nitrogens is 1. The largest absolute Gasteiger partial charge is 0.497 e. The molecule has 3 aromatic rings. The van der Waals surface area contributed by atoms with Crippen molar-refractivity contribution in [3.63, 3.8) is 0 Å². The van der Waals surface area contributed by atoms with E-state index < -0.39 is 0 Å². The van der Waals surface area contributed by atoms with E-state index in [0.717, 1.165) is 22.0 Å². The van der Waals surface area contributed by atoms with Gasteiger partial charge in [-0.3, -0.25) is 4.90 Å². The summed E-state index contributed by atoms with van der Waals surface area (Å²) in [5.41, 5.74) is 2.76. The van der Waals surface area contributed by atoms with Crippen LogP contribution in [0.2, 0.25) is 0 Å². The van der Waals surface area contributed by atoms with Crippen LogP contribution >= 0.6 is 11.3 Å². The summed E-state index contributed by atoms with van der Waals surface area (Å²) in [5.74, 6) is 0.668. The molecule has 0 unspecified atom stereocenters. The summed E-state index contributed by atoms with van der Waals surface area (Å²) in [6, 6.07) is 14.7. The monoisotopic (exact) mass is 342 g/mol. The molecule has 1 aromatic heterocycles. The second-order valence-electron chi connectivity index (χ2n) is 5.64. The van der Waals surface area contributed by atoms with Crippen LogP contribution < -0.4 is 4.74 Å². The van der Waals surface area contributed by atoms with E-state index >= 15 is 0 Å². The minimum Gasteiger partial charge on any atom is -0.497 e. The lowest BCUT2D eigenvalue weighted by atomic mass is 10.2. The molecule has 3 nitrogen and oxygen atoms in total. The third-order valence-corrected chi connectivity index (χ3v) is 4.66. The third-order valence-electron chi connectivity index (χ3n) is 3.72. The molecule has 0 saturated carbocycles. The van der Waals surface area contributed by atoms with Crippen LogP contribution in [0, 0.1) is 5.82 Å². The summed E-state index contributed by atoms with van der Waals surface area (Å²) in [6.07, 6.45) is 0. The second-order valence-corrected chi connectivity index (χ2v) is 6.49. The zero-order valence-corrected chi connectivity index (χ0v) is 14.5. The summed E-state index contributed by atoms with van der Waals surface area (Å²) in [4.78, 5) is 6.74. The van der Waals surface area contributed by atoms with Gasteiger partial charge in [0.1, 0.15) is 16.6 Å². The zero-order chi connectivity index (χ0) is 16.9.